The van der Waals surface area contributed by atoms with E-state index in [1.54, 1.807) is 0 Å². The van der Waals surface area contributed by atoms with E-state index in [1.165, 1.54) is 6.92 Å². The van der Waals surface area contributed by atoms with Crippen molar-refractivity contribution in [3.05, 3.63) is 0 Å². The second kappa shape index (κ2) is 7.05. The Kier molecular flexibility index (Phi) is 6.48. The molecule has 2 unspecified atom stereocenters. The summed E-state index contributed by atoms with van der Waals surface area (Å²) in [5, 5.41) is 18.6. The van der Waals surface area contributed by atoms with Gasteiger partial charge in [0.25, 0.3) is 0 Å². The number of carbonyl (C=O) groups is 3. The van der Waals surface area contributed by atoms with Gasteiger partial charge in [0.2, 0.25) is 5.91 Å². The minimum Gasteiger partial charge on any atom is -0.481 e. The van der Waals surface area contributed by atoms with Crippen LogP contribution in [0.1, 0.15) is 26.2 Å². The van der Waals surface area contributed by atoms with Gasteiger partial charge >= 0.3 is 11.9 Å². The normalized spacial score (nSPS) is 13.9. The highest BCUT2D eigenvalue weighted by Gasteiger charge is 2.21. The fraction of sp³-hybridized carbons (Fsp3) is 0.667. The summed E-state index contributed by atoms with van der Waals surface area (Å²) in [7, 11) is 0. The predicted molar refractivity (Wildman–Crippen MR) is 56.4 cm³/mol. The Balaban J connectivity index is 4.13. The number of halogens is 1. The van der Waals surface area contributed by atoms with Crippen LogP contribution in [0.5, 0.6) is 0 Å². The summed E-state index contributed by atoms with van der Waals surface area (Å²) >= 11 is 5.46. The molecule has 0 fully saturated rings. The second-order valence-electron chi connectivity index (χ2n) is 3.30. The van der Waals surface area contributed by atoms with Gasteiger partial charge in [-0.3, -0.25) is 9.59 Å². The van der Waals surface area contributed by atoms with Gasteiger partial charge in [-0.15, -0.1) is 11.6 Å². The van der Waals surface area contributed by atoms with Crippen LogP contribution in [0.3, 0.4) is 0 Å². The molecule has 0 aromatic rings. The number of nitrogens with one attached hydrogen (secondary N) is 1. The van der Waals surface area contributed by atoms with Crippen LogP contribution in [0.2, 0.25) is 0 Å². The lowest BCUT2D eigenvalue weighted by atomic mass is 10.1. The number of aliphatic carboxylic acids is 2. The van der Waals surface area contributed by atoms with Gasteiger partial charge in [0.05, 0.1) is 0 Å². The number of carbonyl (C=O) groups excluding carboxylic acids is 1. The molecule has 0 saturated heterocycles. The molecule has 0 spiro atoms. The molecule has 6 nitrogen and oxygen atoms in total. The van der Waals surface area contributed by atoms with E-state index in [9.17, 15) is 14.4 Å². The summed E-state index contributed by atoms with van der Waals surface area (Å²) in [6.45, 7) is 1.42. The van der Waals surface area contributed by atoms with Crippen LogP contribution in [0, 0.1) is 0 Å². The summed E-state index contributed by atoms with van der Waals surface area (Å²) in [5.41, 5.74) is 0. The molecule has 0 aliphatic rings. The van der Waals surface area contributed by atoms with Crippen LogP contribution >= 0.6 is 11.6 Å². The van der Waals surface area contributed by atoms with Crippen molar-refractivity contribution in [1.82, 2.24) is 5.32 Å². The molecule has 1 amide bonds. The van der Waals surface area contributed by atoms with Gasteiger partial charge in [0.15, 0.2) is 0 Å². The zero-order chi connectivity index (χ0) is 12.7. The largest absolute Gasteiger partial charge is 0.481 e. The van der Waals surface area contributed by atoms with E-state index >= 15 is 0 Å². The lowest BCUT2D eigenvalue weighted by Crippen LogP contribution is -2.43. The molecule has 0 heterocycles. The van der Waals surface area contributed by atoms with Gasteiger partial charge < -0.3 is 15.5 Å². The Morgan fingerprint density at radius 2 is 1.88 bits per heavy atom. The first kappa shape index (κ1) is 14.7. The molecule has 0 aliphatic heterocycles. The first-order valence-corrected chi connectivity index (χ1v) is 5.17. The Morgan fingerprint density at radius 1 is 1.31 bits per heavy atom. The Labute approximate surface area is 97.6 Å². The van der Waals surface area contributed by atoms with Crippen LogP contribution in [0.4, 0.5) is 0 Å². The van der Waals surface area contributed by atoms with Gasteiger partial charge in [-0.05, 0) is 19.8 Å². The van der Waals surface area contributed by atoms with Crippen LogP contribution in [-0.4, -0.2) is 39.5 Å². The van der Waals surface area contributed by atoms with Crippen molar-refractivity contribution in [1.29, 1.82) is 0 Å². The average molecular weight is 252 g/mol. The Bertz CT molecular complexity index is 279. The molecule has 16 heavy (non-hydrogen) atoms. The van der Waals surface area contributed by atoms with E-state index in [-0.39, 0.29) is 19.3 Å². The van der Waals surface area contributed by atoms with Gasteiger partial charge in [-0.25, -0.2) is 4.79 Å². The standard InChI is InChI=1S/C9H14ClNO5/c1-5(10)8(14)11-6(9(15)16)3-2-4-7(12)13/h5-6H,2-4H2,1H3,(H,11,14)(H,12,13)(H,15,16). The lowest BCUT2D eigenvalue weighted by Gasteiger charge is -2.14. The first-order chi connectivity index (χ1) is 7.34. The third kappa shape index (κ3) is 6.23. The molecule has 7 heteroatoms. The van der Waals surface area contributed by atoms with Crippen LogP contribution in [-0.2, 0) is 14.4 Å². The van der Waals surface area contributed by atoms with E-state index in [0.717, 1.165) is 0 Å². The number of carboxylic acids is 2. The topological polar surface area (TPSA) is 104 Å². The van der Waals surface area contributed by atoms with Crippen molar-refractivity contribution >= 4 is 29.4 Å². The zero-order valence-corrected chi connectivity index (χ0v) is 9.53. The average Bonchev–Trinajstić information content (AvgIpc) is 2.14. The Morgan fingerprint density at radius 3 is 2.25 bits per heavy atom. The van der Waals surface area contributed by atoms with Crippen molar-refractivity contribution in [3.63, 3.8) is 0 Å². The Hall–Kier alpha value is -1.30. The summed E-state index contributed by atoms with van der Waals surface area (Å²) in [6, 6.07) is -1.09. The molecule has 92 valence electrons. The highest BCUT2D eigenvalue weighted by molar-refractivity contribution is 6.30. The maximum atomic E-state index is 11.1. The zero-order valence-electron chi connectivity index (χ0n) is 8.77. The minimum absolute atomic E-state index is 0.0665. The van der Waals surface area contributed by atoms with Gasteiger partial charge in [0.1, 0.15) is 11.4 Å². The summed E-state index contributed by atoms with van der Waals surface area (Å²) in [6.07, 6.45) is 0.121. The molecule has 0 radical (unpaired) electrons. The first-order valence-electron chi connectivity index (χ1n) is 4.73. The molecule has 0 aromatic carbocycles. The number of hydrogen-bond donors (Lipinski definition) is 3. The molecule has 0 aromatic heterocycles. The van der Waals surface area contributed by atoms with Crippen molar-refractivity contribution in [2.45, 2.75) is 37.6 Å². The monoisotopic (exact) mass is 251 g/mol. The van der Waals surface area contributed by atoms with E-state index in [1.807, 2.05) is 0 Å². The molecule has 2 atom stereocenters. The lowest BCUT2D eigenvalue weighted by molar-refractivity contribution is -0.142. The summed E-state index contributed by atoms with van der Waals surface area (Å²) < 4.78 is 0. The van der Waals surface area contributed by atoms with E-state index in [4.69, 9.17) is 21.8 Å². The molecule has 0 bridgehead atoms. The third-order valence-electron chi connectivity index (χ3n) is 1.86. The highest BCUT2D eigenvalue weighted by Crippen LogP contribution is 2.03. The van der Waals surface area contributed by atoms with Crippen LogP contribution in [0.15, 0.2) is 0 Å². The molecular weight excluding hydrogens is 238 g/mol. The number of amides is 1. The fourth-order valence-corrected chi connectivity index (χ4v) is 1.06. The van der Waals surface area contributed by atoms with Crippen LogP contribution in [0.25, 0.3) is 0 Å². The SMILES string of the molecule is CC(Cl)C(=O)NC(CCCC(=O)O)C(=O)O. The quantitative estimate of drug-likeness (QED) is 0.570. The summed E-state index contributed by atoms with van der Waals surface area (Å²) in [4.78, 5) is 32.1. The molecular formula is C9H14ClNO5. The third-order valence-corrected chi connectivity index (χ3v) is 2.06. The van der Waals surface area contributed by atoms with E-state index in [0.29, 0.717) is 0 Å². The van der Waals surface area contributed by atoms with Gasteiger partial charge in [0, 0.05) is 6.42 Å². The minimum atomic E-state index is -1.20. The fourth-order valence-electron chi connectivity index (χ4n) is 1.00. The van der Waals surface area contributed by atoms with Crippen molar-refractivity contribution in [2.75, 3.05) is 0 Å². The maximum Gasteiger partial charge on any atom is 0.326 e. The maximum absolute atomic E-state index is 11.1. The highest BCUT2D eigenvalue weighted by atomic mass is 35.5. The van der Waals surface area contributed by atoms with Crippen LogP contribution < -0.4 is 5.32 Å². The number of alkyl halides is 1. The molecule has 0 aliphatic carbocycles. The molecule has 0 rings (SSSR count). The molecule has 0 saturated carbocycles. The predicted octanol–water partition coefficient (Wildman–Crippen LogP) is 0.438. The second-order valence-corrected chi connectivity index (χ2v) is 3.96. The van der Waals surface area contributed by atoms with Gasteiger partial charge in [-0.2, -0.15) is 0 Å². The number of carboxylic acid groups (broad SMARTS) is 2. The smallest absolute Gasteiger partial charge is 0.326 e. The summed E-state index contributed by atoms with van der Waals surface area (Å²) in [5.74, 6) is -2.78. The van der Waals surface area contributed by atoms with E-state index in [2.05, 4.69) is 5.32 Å². The van der Waals surface area contributed by atoms with E-state index < -0.39 is 29.3 Å². The van der Waals surface area contributed by atoms with Crippen molar-refractivity contribution in [3.8, 4) is 0 Å². The van der Waals surface area contributed by atoms with Crippen molar-refractivity contribution < 1.29 is 24.6 Å². The van der Waals surface area contributed by atoms with Gasteiger partial charge in [-0.1, -0.05) is 0 Å². The number of rotatable bonds is 7. The number of hydrogen-bond acceptors (Lipinski definition) is 3. The molecule has 3 N–H and O–H groups in total. The van der Waals surface area contributed by atoms with Crippen molar-refractivity contribution in [2.24, 2.45) is 0 Å².